The lowest BCUT2D eigenvalue weighted by Crippen LogP contribution is -2.45. The summed E-state index contributed by atoms with van der Waals surface area (Å²) in [5.74, 6) is 1.53. The van der Waals surface area contributed by atoms with E-state index in [1.54, 1.807) is 4.31 Å². The fraction of sp³-hybridized carbons (Fsp3) is 0.786. The molecule has 21 heavy (non-hydrogen) atoms. The van der Waals surface area contributed by atoms with Gasteiger partial charge in [0.1, 0.15) is 5.82 Å². The molecule has 1 saturated heterocycles. The lowest BCUT2D eigenvalue weighted by molar-refractivity contribution is 0.278. The Morgan fingerprint density at radius 2 is 2.19 bits per heavy atom. The molecule has 1 aromatic heterocycles. The van der Waals surface area contributed by atoms with Crippen LogP contribution in [0.15, 0.2) is 6.20 Å². The summed E-state index contributed by atoms with van der Waals surface area (Å²) >= 11 is 0. The van der Waals surface area contributed by atoms with Gasteiger partial charge in [0, 0.05) is 32.3 Å². The van der Waals surface area contributed by atoms with Gasteiger partial charge in [0.05, 0.1) is 12.2 Å². The second-order valence-corrected chi connectivity index (χ2v) is 7.99. The van der Waals surface area contributed by atoms with E-state index in [9.17, 15) is 8.42 Å². The van der Waals surface area contributed by atoms with Crippen LogP contribution in [0.2, 0.25) is 0 Å². The molecule has 2 aliphatic heterocycles. The van der Waals surface area contributed by atoms with E-state index in [0.717, 1.165) is 37.3 Å². The van der Waals surface area contributed by atoms with Crippen molar-refractivity contribution in [3.63, 3.8) is 0 Å². The standard InChI is InChI=1S/C14H24N4O2S/c1-12-5-4-8-18(10-12)21(19,20)15-9-13-11-17-7-3-2-6-14(17)16-13/h11-12,15H,2-10H2,1H3/t12-/m0/s1. The molecule has 118 valence electrons. The van der Waals surface area contributed by atoms with Gasteiger partial charge in [-0.05, 0) is 31.6 Å². The number of fused-ring (bicyclic) bond motifs is 1. The maximum atomic E-state index is 12.3. The molecule has 6 nitrogen and oxygen atoms in total. The Kier molecular flexibility index (Phi) is 4.33. The Balaban J connectivity index is 1.62. The number of imidazole rings is 1. The highest BCUT2D eigenvalue weighted by Crippen LogP contribution is 2.18. The van der Waals surface area contributed by atoms with Gasteiger partial charge in [-0.2, -0.15) is 17.4 Å². The molecule has 0 radical (unpaired) electrons. The minimum absolute atomic E-state index is 0.285. The van der Waals surface area contributed by atoms with Gasteiger partial charge in [0.25, 0.3) is 10.2 Å². The summed E-state index contributed by atoms with van der Waals surface area (Å²) in [6.07, 6.45) is 7.39. The summed E-state index contributed by atoms with van der Waals surface area (Å²) in [4.78, 5) is 4.53. The van der Waals surface area contributed by atoms with Gasteiger partial charge in [0.15, 0.2) is 0 Å². The van der Waals surface area contributed by atoms with E-state index in [1.807, 2.05) is 6.20 Å². The van der Waals surface area contributed by atoms with Gasteiger partial charge in [-0.25, -0.2) is 4.98 Å². The van der Waals surface area contributed by atoms with E-state index in [-0.39, 0.29) is 6.54 Å². The molecule has 3 heterocycles. The molecule has 3 rings (SSSR count). The van der Waals surface area contributed by atoms with Crippen molar-refractivity contribution < 1.29 is 8.42 Å². The highest BCUT2D eigenvalue weighted by Gasteiger charge is 2.27. The van der Waals surface area contributed by atoms with Crippen molar-refractivity contribution in [1.29, 1.82) is 0 Å². The second-order valence-electron chi connectivity index (χ2n) is 6.23. The minimum atomic E-state index is -3.38. The Bertz CT molecular complexity index is 573. The number of hydrogen-bond acceptors (Lipinski definition) is 3. The van der Waals surface area contributed by atoms with Crippen molar-refractivity contribution in [2.24, 2.45) is 5.92 Å². The van der Waals surface area contributed by atoms with E-state index in [2.05, 4.69) is 21.2 Å². The van der Waals surface area contributed by atoms with E-state index < -0.39 is 10.2 Å². The molecule has 0 aliphatic carbocycles. The SMILES string of the molecule is C[C@H]1CCCN(S(=O)(=O)NCc2cn3c(n2)CCCC3)C1. The molecule has 1 aromatic rings. The van der Waals surface area contributed by atoms with Crippen LogP contribution in [-0.2, 0) is 29.7 Å². The Labute approximate surface area is 126 Å². The highest BCUT2D eigenvalue weighted by molar-refractivity contribution is 7.87. The Hall–Kier alpha value is -0.920. The molecular weight excluding hydrogens is 288 g/mol. The Morgan fingerprint density at radius 1 is 1.33 bits per heavy atom. The maximum absolute atomic E-state index is 12.3. The molecule has 1 atom stereocenters. The van der Waals surface area contributed by atoms with Crippen molar-refractivity contribution in [3.8, 4) is 0 Å². The van der Waals surface area contributed by atoms with Crippen LogP contribution in [0.1, 0.15) is 44.1 Å². The number of rotatable bonds is 4. The first kappa shape index (κ1) is 15.0. The van der Waals surface area contributed by atoms with Crippen LogP contribution in [-0.4, -0.2) is 35.4 Å². The molecule has 0 unspecified atom stereocenters. The van der Waals surface area contributed by atoms with Gasteiger partial charge in [-0.15, -0.1) is 0 Å². The van der Waals surface area contributed by atoms with Crippen LogP contribution < -0.4 is 4.72 Å². The zero-order valence-electron chi connectivity index (χ0n) is 12.6. The molecule has 1 fully saturated rings. The molecule has 2 aliphatic rings. The molecule has 0 spiro atoms. The zero-order chi connectivity index (χ0) is 14.9. The van der Waals surface area contributed by atoms with Crippen molar-refractivity contribution in [3.05, 3.63) is 17.7 Å². The van der Waals surface area contributed by atoms with Crippen molar-refractivity contribution in [2.45, 2.75) is 52.1 Å². The van der Waals surface area contributed by atoms with E-state index >= 15 is 0 Å². The number of nitrogens with one attached hydrogen (secondary N) is 1. The minimum Gasteiger partial charge on any atom is -0.335 e. The number of nitrogens with zero attached hydrogens (tertiary/aromatic N) is 3. The molecule has 7 heteroatoms. The van der Waals surface area contributed by atoms with Crippen LogP contribution in [0.5, 0.6) is 0 Å². The fourth-order valence-corrected chi connectivity index (χ4v) is 4.51. The van der Waals surface area contributed by atoms with Crippen LogP contribution in [0.25, 0.3) is 0 Å². The quantitative estimate of drug-likeness (QED) is 0.911. The maximum Gasteiger partial charge on any atom is 0.279 e. The Morgan fingerprint density at radius 3 is 2.95 bits per heavy atom. The lowest BCUT2D eigenvalue weighted by Gasteiger charge is -2.29. The van der Waals surface area contributed by atoms with Gasteiger partial charge < -0.3 is 4.57 Å². The summed E-state index contributed by atoms with van der Waals surface area (Å²) in [6, 6.07) is 0. The van der Waals surface area contributed by atoms with Crippen molar-refractivity contribution >= 4 is 10.2 Å². The second kappa shape index (κ2) is 6.06. The van der Waals surface area contributed by atoms with Crippen LogP contribution in [0.4, 0.5) is 0 Å². The normalized spacial score (nSPS) is 24.0. The summed E-state index contributed by atoms with van der Waals surface area (Å²) < 4.78 is 31.1. The molecule has 0 aromatic carbocycles. The van der Waals surface area contributed by atoms with Gasteiger partial charge in [0.2, 0.25) is 0 Å². The zero-order valence-corrected chi connectivity index (χ0v) is 13.4. The van der Waals surface area contributed by atoms with E-state index in [4.69, 9.17) is 0 Å². The molecule has 0 amide bonds. The summed E-state index contributed by atoms with van der Waals surface area (Å²) in [6.45, 7) is 4.63. The first-order chi connectivity index (χ1) is 10.0. The van der Waals surface area contributed by atoms with Crippen LogP contribution >= 0.6 is 0 Å². The summed E-state index contributed by atoms with van der Waals surface area (Å²) in [5, 5.41) is 0. The predicted molar refractivity (Wildman–Crippen MR) is 80.9 cm³/mol. The van der Waals surface area contributed by atoms with Crippen LogP contribution in [0, 0.1) is 5.92 Å². The molecular formula is C14H24N4O2S. The number of aromatic nitrogens is 2. The van der Waals surface area contributed by atoms with Gasteiger partial charge in [-0.3, -0.25) is 0 Å². The average Bonchev–Trinajstić information content (AvgIpc) is 2.88. The largest absolute Gasteiger partial charge is 0.335 e. The van der Waals surface area contributed by atoms with Gasteiger partial charge >= 0.3 is 0 Å². The first-order valence-corrected chi connectivity index (χ1v) is 9.28. The smallest absolute Gasteiger partial charge is 0.279 e. The third-order valence-electron chi connectivity index (χ3n) is 4.35. The highest BCUT2D eigenvalue weighted by atomic mass is 32.2. The first-order valence-electron chi connectivity index (χ1n) is 7.84. The molecule has 1 N–H and O–H groups in total. The number of hydrogen-bond donors (Lipinski definition) is 1. The van der Waals surface area contributed by atoms with Crippen molar-refractivity contribution in [2.75, 3.05) is 13.1 Å². The molecule has 0 bridgehead atoms. The summed E-state index contributed by atoms with van der Waals surface area (Å²) in [7, 11) is -3.38. The van der Waals surface area contributed by atoms with Crippen molar-refractivity contribution in [1.82, 2.24) is 18.6 Å². The lowest BCUT2D eigenvalue weighted by atomic mass is 10.0. The number of piperidine rings is 1. The summed E-state index contributed by atoms with van der Waals surface area (Å²) in [5.41, 5.74) is 0.820. The topological polar surface area (TPSA) is 67.2 Å². The molecule has 0 saturated carbocycles. The number of aryl methyl sites for hydroxylation is 2. The monoisotopic (exact) mass is 312 g/mol. The van der Waals surface area contributed by atoms with E-state index in [1.165, 1.54) is 12.8 Å². The van der Waals surface area contributed by atoms with Gasteiger partial charge in [-0.1, -0.05) is 6.92 Å². The average molecular weight is 312 g/mol. The van der Waals surface area contributed by atoms with E-state index in [0.29, 0.717) is 19.0 Å². The third kappa shape index (κ3) is 3.46. The third-order valence-corrected chi connectivity index (χ3v) is 5.87. The van der Waals surface area contributed by atoms with Crippen LogP contribution in [0.3, 0.4) is 0 Å². The predicted octanol–water partition coefficient (Wildman–Crippen LogP) is 1.29. The fourth-order valence-electron chi connectivity index (χ4n) is 3.18.